The summed E-state index contributed by atoms with van der Waals surface area (Å²) in [6.07, 6.45) is 0.108. The van der Waals surface area contributed by atoms with E-state index in [2.05, 4.69) is 10.3 Å². The molecule has 0 unspecified atom stereocenters. The quantitative estimate of drug-likeness (QED) is 0.126. The highest BCUT2D eigenvalue weighted by molar-refractivity contribution is 5.92. The number of esters is 1. The van der Waals surface area contributed by atoms with E-state index in [0.29, 0.717) is 38.9 Å². The second-order valence-electron chi connectivity index (χ2n) is 13.0. The van der Waals surface area contributed by atoms with Crippen LogP contribution in [0.4, 0.5) is 4.79 Å². The number of ether oxygens (including phenoxy) is 3. The number of aliphatic carboxylic acids is 1. The van der Waals surface area contributed by atoms with Crippen LogP contribution in [-0.4, -0.2) is 69.6 Å². The molecule has 2 atom stereocenters. The Labute approximate surface area is 300 Å². The molecule has 14 nitrogen and oxygen atoms in total. The number of hydrogen-bond donors (Lipinski definition) is 4. The van der Waals surface area contributed by atoms with Crippen LogP contribution in [0.3, 0.4) is 0 Å². The molecule has 14 heteroatoms. The van der Waals surface area contributed by atoms with E-state index >= 15 is 0 Å². The summed E-state index contributed by atoms with van der Waals surface area (Å²) in [4.78, 5) is 68.1. The van der Waals surface area contributed by atoms with E-state index in [0.717, 1.165) is 10.5 Å². The number of aromatic nitrogens is 1. The Bertz CT molecular complexity index is 1980. The fraction of sp³-hybridized carbons (Fsp3) is 0.316. The standard InChI is InChI=1S/C38H41N5O9/c1-38(2,3)52-37(49)42-31(34(45)43(32(35(46)47)14-15-33(40)44)21-24-10-8-23(19-39)9-11-24)17-27-20-41-30-13-12-28(18-29(27)30)51-22-25-6-5-7-26(16-25)36(48)50-4/h5-13,16,18,20,31-32,41H,14-15,17,21-22H2,1-4H3,(H2,40,44)(H,42,49)(H,46,47)/t31-,32+/m1/s1. The smallest absolute Gasteiger partial charge is 0.408 e. The van der Waals surface area contributed by atoms with Crippen molar-refractivity contribution < 1.29 is 43.3 Å². The Hall–Kier alpha value is -6.36. The van der Waals surface area contributed by atoms with E-state index in [9.17, 15) is 34.3 Å². The molecule has 0 aliphatic rings. The summed E-state index contributed by atoms with van der Waals surface area (Å²) >= 11 is 0. The van der Waals surface area contributed by atoms with Gasteiger partial charge in [-0.2, -0.15) is 5.26 Å². The minimum absolute atomic E-state index is 0.0886. The third-order valence-electron chi connectivity index (χ3n) is 7.95. The highest BCUT2D eigenvalue weighted by atomic mass is 16.6. The van der Waals surface area contributed by atoms with Crippen LogP contribution in [0.1, 0.15) is 66.2 Å². The molecule has 0 spiro atoms. The van der Waals surface area contributed by atoms with Gasteiger partial charge in [-0.25, -0.2) is 14.4 Å². The number of nitrogens with zero attached hydrogens (tertiary/aromatic N) is 2. The number of fused-ring (bicyclic) bond motifs is 1. The molecule has 52 heavy (non-hydrogen) atoms. The minimum Gasteiger partial charge on any atom is -0.489 e. The van der Waals surface area contributed by atoms with Crippen LogP contribution in [0.25, 0.3) is 10.9 Å². The van der Waals surface area contributed by atoms with Gasteiger partial charge in [0.25, 0.3) is 0 Å². The normalized spacial score (nSPS) is 12.2. The molecule has 0 radical (unpaired) electrons. The summed E-state index contributed by atoms with van der Waals surface area (Å²) in [5.74, 6) is -2.85. The summed E-state index contributed by atoms with van der Waals surface area (Å²) in [6.45, 7) is 4.92. The number of amides is 3. The van der Waals surface area contributed by atoms with Gasteiger partial charge in [0, 0.05) is 36.5 Å². The van der Waals surface area contributed by atoms with Gasteiger partial charge in [0.2, 0.25) is 11.8 Å². The molecule has 1 heterocycles. The first-order chi connectivity index (χ1) is 24.7. The number of aromatic amines is 1. The first-order valence-electron chi connectivity index (χ1n) is 16.4. The second kappa shape index (κ2) is 17.0. The lowest BCUT2D eigenvalue weighted by Gasteiger charge is -2.33. The molecule has 4 rings (SSSR count). The monoisotopic (exact) mass is 711 g/mol. The number of carbonyl (C=O) groups is 5. The number of nitriles is 1. The Balaban J connectivity index is 1.69. The predicted octanol–water partition coefficient (Wildman–Crippen LogP) is 4.59. The zero-order chi connectivity index (χ0) is 38.0. The average Bonchev–Trinajstić information content (AvgIpc) is 3.50. The summed E-state index contributed by atoms with van der Waals surface area (Å²) in [5.41, 5.74) is 7.74. The van der Waals surface area contributed by atoms with E-state index in [4.69, 9.17) is 19.9 Å². The number of rotatable bonds is 15. The molecule has 5 N–H and O–H groups in total. The molecule has 3 aromatic carbocycles. The number of hydrogen-bond acceptors (Lipinski definition) is 9. The first-order valence-corrected chi connectivity index (χ1v) is 16.4. The Morgan fingerprint density at radius 3 is 2.38 bits per heavy atom. The topological polar surface area (TPSA) is 214 Å². The van der Waals surface area contributed by atoms with Gasteiger partial charge in [0.05, 0.1) is 24.3 Å². The van der Waals surface area contributed by atoms with E-state index in [1.165, 1.54) is 19.2 Å². The zero-order valence-corrected chi connectivity index (χ0v) is 29.3. The molecule has 272 valence electrons. The third kappa shape index (κ3) is 10.6. The Morgan fingerprint density at radius 2 is 1.75 bits per heavy atom. The largest absolute Gasteiger partial charge is 0.489 e. The van der Waals surface area contributed by atoms with E-state index in [1.54, 1.807) is 75.5 Å². The molecule has 0 fully saturated rings. The van der Waals surface area contributed by atoms with Crippen LogP contribution >= 0.6 is 0 Å². The molecule has 1 aromatic heterocycles. The van der Waals surface area contributed by atoms with Crippen LogP contribution in [0.15, 0.2) is 72.9 Å². The number of benzene rings is 3. The highest BCUT2D eigenvalue weighted by Crippen LogP contribution is 2.27. The predicted molar refractivity (Wildman–Crippen MR) is 189 cm³/mol. The van der Waals surface area contributed by atoms with Crippen molar-refractivity contribution in [2.24, 2.45) is 5.73 Å². The van der Waals surface area contributed by atoms with E-state index in [1.807, 2.05) is 12.1 Å². The maximum atomic E-state index is 14.5. The fourth-order valence-corrected chi connectivity index (χ4v) is 5.47. The number of carboxylic acid groups (broad SMARTS) is 1. The lowest BCUT2D eigenvalue weighted by Crippen LogP contribution is -2.55. The van der Waals surface area contributed by atoms with E-state index in [-0.39, 0.29) is 32.4 Å². The van der Waals surface area contributed by atoms with Crippen LogP contribution < -0.4 is 15.8 Å². The van der Waals surface area contributed by atoms with Gasteiger partial charge in [-0.3, -0.25) is 9.59 Å². The second-order valence-corrected chi connectivity index (χ2v) is 13.0. The van der Waals surface area contributed by atoms with Gasteiger partial charge in [-0.1, -0.05) is 24.3 Å². The zero-order valence-electron chi connectivity index (χ0n) is 29.3. The van der Waals surface area contributed by atoms with Gasteiger partial charge in [0.15, 0.2) is 0 Å². The lowest BCUT2D eigenvalue weighted by molar-refractivity contribution is -0.152. The number of methoxy groups -OCH3 is 1. The van der Waals surface area contributed by atoms with Crippen molar-refractivity contribution in [3.8, 4) is 11.8 Å². The molecule has 0 saturated carbocycles. The van der Waals surface area contributed by atoms with Gasteiger partial charge >= 0.3 is 18.0 Å². The number of primary amides is 1. The third-order valence-corrected chi connectivity index (χ3v) is 7.95. The molecule has 0 aliphatic heterocycles. The lowest BCUT2D eigenvalue weighted by atomic mass is 10.0. The number of nitrogens with one attached hydrogen (secondary N) is 2. The van der Waals surface area contributed by atoms with Gasteiger partial charge in [-0.05, 0) is 86.3 Å². The summed E-state index contributed by atoms with van der Waals surface area (Å²) < 4.78 is 16.3. The molecule has 0 aliphatic carbocycles. The minimum atomic E-state index is -1.49. The average molecular weight is 712 g/mol. The molecule has 3 amide bonds. The number of alkyl carbamates (subject to hydrolysis) is 1. The van der Waals surface area contributed by atoms with Gasteiger partial charge < -0.3 is 40.3 Å². The van der Waals surface area contributed by atoms with Crippen molar-refractivity contribution >= 4 is 40.7 Å². The SMILES string of the molecule is COC(=O)c1cccc(COc2ccc3[nH]cc(C[C@@H](NC(=O)OC(C)(C)C)C(=O)N(Cc4ccc(C#N)cc4)[C@@H](CCC(N)=O)C(=O)O)c3c2)c1. The summed E-state index contributed by atoms with van der Waals surface area (Å²) in [7, 11) is 1.30. The molecule has 4 aromatic rings. The first kappa shape index (κ1) is 38.4. The molecule has 0 saturated heterocycles. The van der Waals surface area contributed by atoms with E-state index < -0.39 is 47.5 Å². The summed E-state index contributed by atoms with van der Waals surface area (Å²) in [5, 5.41) is 22.8. The van der Waals surface area contributed by atoms with Gasteiger partial charge in [0.1, 0.15) is 30.0 Å². The van der Waals surface area contributed by atoms with Crippen LogP contribution in [-0.2, 0) is 43.4 Å². The number of carboxylic acids is 1. The number of H-pyrrole nitrogens is 1. The van der Waals surface area contributed by atoms with Crippen molar-refractivity contribution in [1.82, 2.24) is 15.2 Å². The Kier molecular flexibility index (Phi) is 12.6. The molecular formula is C38H41N5O9. The van der Waals surface area contributed by atoms with Crippen LogP contribution in [0.2, 0.25) is 0 Å². The Morgan fingerprint density at radius 1 is 1.02 bits per heavy atom. The van der Waals surface area contributed by atoms with Crippen molar-refractivity contribution in [2.75, 3.05) is 7.11 Å². The fourth-order valence-electron chi connectivity index (χ4n) is 5.47. The van der Waals surface area contributed by atoms with Crippen molar-refractivity contribution in [3.05, 3.63) is 101 Å². The molecular weight excluding hydrogens is 670 g/mol. The van der Waals surface area contributed by atoms with Crippen LogP contribution in [0.5, 0.6) is 5.75 Å². The number of carbonyl (C=O) groups excluding carboxylic acids is 4. The molecule has 0 bridgehead atoms. The maximum absolute atomic E-state index is 14.5. The van der Waals surface area contributed by atoms with Crippen molar-refractivity contribution in [3.63, 3.8) is 0 Å². The van der Waals surface area contributed by atoms with Crippen molar-refractivity contribution in [2.45, 2.75) is 70.9 Å². The van der Waals surface area contributed by atoms with Gasteiger partial charge in [-0.15, -0.1) is 0 Å². The summed E-state index contributed by atoms with van der Waals surface area (Å²) in [6, 6.07) is 17.6. The highest BCUT2D eigenvalue weighted by Gasteiger charge is 2.36. The van der Waals surface area contributed by atoms with Crippen molar-refractivity contribution in [1.29, 1.82) is 5.26 Å². The maximum Gasteiger partial charge on any atom is 0.408 e. The number of nitrogens with two attached hydrogens (primary N) is 1. The van der Waals surface area contributed by atoms with Crippen LogP contribution in [0, 0.1) is 11.3 Å².